The van der Waals surface area contributed by atoms with Crippen molar-refractivity contribution in [3.8, 4) is 0 Å². The summed E-state index contributed by atoms with van der Waals surface area (Å²) in [6.07, 6.45) is 0.569. The van der Waals surface area contributed by atoms with Gasteiger partial charge in [-0.15, -0.1) is 0 Å². The van der Waals surface area contributed by atoms with E-state index in [-0.39, 0.29) is 18.2 Å². The Labute approximate surface area is 140 Å². The minimum absolute atomic E-state index is 0.210. The summed E-state index contributed by atoms with van der Waals surface area (Å²) in [7, 11) is 0. The molecule has 2 aromatic rings. The summed E-state index contributed by atoms with van der Waals surface area (Å²) in [5.41, 5.74) is 1.38. The highest BCUT2D eigenvalue weighted by Gasteiger charge is 2.40. The van der Waals surface area contributed by atoms with E-state index in [1.54, 1.807) is 30.3 Å². The quantitative estimate of drug-likeness (QED) is 0.877. The highest BCUT2D eigenvalue weighted by Crippen LogP contribution is 2.22. The summed E-state index contributed by atoms with van der Waals surface area (Å²) < 4.78 is 0. The van der Waals surface area contributed by atoms with Crippen LogP contribution in [0.5, 0.6) is 0 Å². The van der Waals surface area contributed by atoms with Crippen molar-refractivity contribution >= 4 is 17.7 Å². The van der Waals surface area contributed by atoms with Gasteiger partial charge < -0.3 is 5.32 Å². The first-order valence-electron chi connectivity index (χ1n) is 7.90. The molecule has 1 saturated heterocycles. The third kappa shape index (κ3) is 3.35. The highest BCUT2D eigenvalue weighted by atomic mass is 16.2. The lowest BCUT2D eigenvalue weighted by atomic mass is 10.1. The molecule has 0 bridgehead atoms. The molecule has 1 atom stereocenters. The standard InChI is InChI=1S/C19H18N2O3/c22-17-12-11-16(18(23)20-13-14-7-3-1-4-8-14)21(17)19(24)15-9-5-2-6-10-15/h1-10,16H,11-13H2,(H,20,23)/t16-/m0/s1. The first-order valence-corrected chi connectivity index (χ1v) is 7.90. The summed E-state index contributed by atoms with van der Waals surface area (Å²) in [5.74, 6) is -1.02. The van der Waals surface area contributed by atoms with Gasteiger partial charge in [0, 0.05) is 18.5 Å². The number of nitrogens with zero attached hydrogens (tertiary/aromatic N) is 1. The van der Waals surface area contributed by atoms with Crippen molar-refractivity contribution in [2.75, 3.05) is 0 Å². The molecular weight excluding hydrogens is 304 g/mol. The predicted molar refractivity (Wildman–Crippen MR) is 88.9 cm³/mol. The van der Waals surface area contributed by atoms with Gasteiger partial charge in [0.1, 0.15) is 6.04 Å². The van der Waals surface area contributed by atoms with Crippen LogP contribution in [0.3, 0.4) is 0 Å². The van der Waals surface area contributed by atoms with Gasteiger partial charge in [-0.1, -0.05) is 48.5 Å². The topological polar surface area (TPSA) is 66.5 Å². The smallest absolute Gasteiger partial charge is 0.261 e. The van der Waals surface area contributed by atoms with Crippen LogP contribution in [0.4, 0.5) is 0 Å². The second-order valence-corrected chi connectivity index (χ2v) is 5.69. The Kier molecular flexibility index (Phi) is 4.70. The van der Waals surface area contributed by atoms with Crippen molar-refractivity contribution in [3.05, 3.63) is 71.8 Å². The van der Waals surface area contributed by atoms with Crippen molar-refractivity contribution in [2.45, 2.75) is 25.4 Å². The van der Waals surface area contributed by atoms with Gasteiger partial charge in [-0.05, 0) is 24.1 Å². The summed E-state index contributed by atoms with van der Waals surface area (Å²) >= 11 is 0. The van der Waals surface area contributed by atoms with E-state index < -0.39 is 11.9 Å². The van der Waals surface area contributed by atoms with Crippen molar-refractivity contribution < 1.29 is 14.4 Å². The fourth-order valence-corrected chi connectivity index (χ4v) is 2.81. The number of amides is 3. The third-order valence-electron chi connectivity index (χ3n) is 4.06. The van der Waals surface area contributed by atoms with Crippen LogP contribution in [0.15, 0.2) is 60.7 Å². The third-order valence-corrected chi connectivity index (χ3v) is 4.06. The molecule has 0 aromatic heterocycles. The molecule has 5 nitrogen and oxygen atoms in total. The maximum atomic E-state index is 12.6. The van der Waals surface area contributed by atoms with Crippen molar-refractivity contribution in [2.24, 2.45) is 0 Å². The summed E-state index contributed by atoms with van der Waals surface area (Å²) in [6, 6.07) is 17.3. The van der Waals surface area contributed by atoms with E-state index in [1.807, 2.05) is 30.3 Å². The van der Waals surface area contributed by atoms with Crippen LogP contribution in [0.2, 0.25) is 0 Å². The lowest BCUT2D eigenvalue weighted by Crippen LogP contribution is -2.47. The molecule has 1 heterocycles. The van der Waals surface area contributed by atoms with E-state index in [0.29, 0.717) is 18.5 Å². The first kappa shape index (κ1) is 15.9. The number of hydrogen-bond donors (Lipinski definition) is 1. The van der Waals surface area contributed by atoms with Crippen LogP contribution in [0.1, 0.15) is 28.8 Å². The number of rotatable bonds is 4. The van der Waals surface area contributed by atoms with Gasteiger partial charge >= 0.3 is 0 Å². The molecule has 5 heteroatoms. The van der Waals surface area contributed by atoms with E-state index in [2.05, 4.69) is 5.32 Å². The first-order chi connectivity index (χ1) is 11.7. The Bertz CT molecular complexity index is 744. The molecule has 3 rings (SSSR count). The van der Waals surface area contributed by atoms with Crippen molar-refractivity contribution in [1.29, 1.82) is 0 Å². The average molecular weight is 322 g/mol. The highest BCUT2D eigenvalue weighted by molar-refractivity contribution is 6.09. The largest absolute Gasteiger partial charge is 0.350 e. The Morgan fingerprint density at radius 3 is 2.29 bits per heavy atom. The van der Waals surface area contributed by atoms with E-state index in [0.717, 1.165) is 10.5 Å². The molecule has 1 aliphatic heterocycles. The second kappa shape index (κ2) is 7.08. The van der Waals surface area contributed by atoms with Crippen molar-refractivity contribution in [1.82, 2.24) is 10.2 Å². The van der Waals surface area contributed by atoms with E-state index in [1.165, 1.54) is 0 Å². The molecule has 1 aliphatic rings. The van der Waals surface area contributed by atoms with Crippen LogP contribution in [0, 0.1) is 0 Å². The maximum Gasteiger partial charge on any atom is 0.261 e. The second-order valence-electron chi connectivity index (χ2n) is 5.69. The van der Waals surface area contributed by atoms with Crippen LogP contribution in [-0.2, 0) is 16.1 Å². The zero-order valence-electron chi connectivity index (χ0n) is 13.1. The molecule has 24 heavy (non-hydrogen) atoms. The Balaban J connectivity index is 1.70. The molecule has 0 radical (unpaired) electrons. The number of carbonyl (C=O) groups excluding carboxylic acids is 3. The van der Waals surface area contributed by atoms with Gasteiger partial charge in [-0.3, -0.25) is 19.3 Å². The Hall–Kier alpha value is -2.95. The predicted octanol–water partition coefficient (Wildman–Crippen LogP) is 2.13. The van der Waals surface area contributed by atoms with E-state index in [9.17, 15) is 14.4 Å². The summed E-state index contributed by atoms with van der Waals surface area (Å²) in [5, 5.41) is 2.81. The van der Waals surface area contributed by atoms with Crippen LogP contribution in [0.25, 0.3) is 0 Å². The molecule has 1 fully saturated rings. The molecule has 1 N–H and O–H groups in total. The number of imide groups is 1. The normalized spacial score (nSPS) is 16.9. The molecule has 0 spiro atoms. The van der Waals surface area contributed by atoms with Gasteiger partial charge in [0.2, 0.25) is 11.8 Å². The monoisotopic (exact) mass is 322 g/mol. The molecule has 3 amide bonds. The maximum absolute atomic E-state index is 12.6. The van der Waals surface area contributed by atoms with Crippen LogP contribution < -0.4 is 5.32 Å². The summed E-state index contributed by atoms with van der Waals surface area (Å²) in [4.78, 5) is 38.2. The lowest BCUT2D eigenvalue weighted by molar-refractivity contribution is -0.132. The SMILES string of the molecule is O=C(NCc1ccccc1)[C@@H]1CCC(=O)N1C(=O)c1ccccc1. The molecule has 2 aromatic carbocycles. The van der Waals surface area contributed by atoms with E-state index in [4.69, 9.17) is 0 Å². The molecule has 122 valence electrons. The van der Waals surface area contributed by atoms with Gasteiger partial charge in [0.25, 0.3) is 5.91 Å². The van der Waals surface area contributed by atoms with Crippen LogP contribution in [-0.4, -0.2) is 28.7 Å². The van der Waals surface area contributed by atoms with Crippen LogP contribution >= 0.6 is 0 Å². The number of hydrogen-bond acceptors (Lipinski definition) is 3. The van der Waals surface area contributed by atoms with Gasteiger partial charge in [0.15, 0.2) is 0 Å². The minimum Gasteiger partial charge on any atom is -0.350 e. The Morgan fingerprint density at radius 1 is 1.00 bits per heavy atom. The molecule has 0 saturated carbocycles. The number of nitrogens with one attached hydrogen (secondary N) is 1. The fraction of sp³-hybridized carbons (Fsp3) is 0.211. The zero-order valence-corrected chi connectivity index (χ0v) is 13.1. The van der Waals surface area contributed by atoms with Gasteiger partial charge in [-0.2, -0.15) is 0 Å². The lowest BCUT2D eigenvalue weighted by Gasteiger charge is -2.22. The fourth-order valence-electron chi connectivity index (χ4n) is 2.81. The summed E-state index contributed by atoms with van der Waals surface area (Å²) in [6.45, 7) is 0.373. The van der Waals surface area contributed by atoms with E-state index >= 15 is 0 Å². The number of likely N-dealkylation sites (tertiary alicyclic amines) is 1. The van der Waals surface area contributed by atoms with Crippen molar-refractivity contribution in [3.63, 3.8) is 0 Å². The van der Waals surface area contributed by atoms with Gasteiger partial charge in [0.05, 0.1) is 0 Å². The number of carbonyl (C=O) groups is 3. The molecular formula is C19H18N2O3. The molecule has 0 aliphatic carbocycles. The minimum atomic E-state index is -0.742. The average Bonchev–Trinajstić information content (AvgIpc) is 3.02. The Morgan fingerprint density at radius 2 is 1.62 bits per heavy atom. The molecule has 0 unspecified atom stereocenters. The number of benzene rings is 2. The van der Waals surface area contributed by atoms with Gasteiger partial charge in [-0.25, -0.2) is 0 Å². The zero-order chi connectivity index (χ0) is 16.9.